The van der Waals surface area contributed by atoms with Crippen LogP contribution in [0.4, 0.5) is 0 Å². The topological polar surface area (TPSA) is 54.3 Å². The van der Waals surface area contributed by atoms with Crippen molar-refractivity contribution in [2.75, 3.05) is 6.54 Å². The number of nitrogens with zero attached hydrogens (tertiary/aromatic N) is 1. The Kier molecular flexibility index (Phi) is 5.47. The highest BCUT2D eigenvalue weighted by atomic mass is 79.9. The summed E-state index contributed by atoms with van der Waals surface area (Å²) in [6.45, 7) is 2.30. The van der Waals surface area contributed by atoms with Gasteiger partial charge in [-0.3, -0.25) is 4.79 Å². The van der Waals surface area contributed by atoms with Crippen molar-refractivity contribution in [3.8, 4) is 0 Å². The first-order valence-electron chi connectivity index (χ1n) is 7.91. The van der Waals surface area contributed by atoms with E-state index in [2.05, 4.69) is 21.2 Å². The molecule has 2 aromatic carbocycles. The van der Waals surface area contributed by atoms with Gasteiger partial charge in [-0.25, -0.2) is 0 Å². The van der Waals surface area contributed by atoms with E-state index >= 15 is 0 Å². The molecule has 0 saturated carbocycles. The zero-order valence-corrected chi connectivity index (χ0v) is 16.0. The molecule has 1 amide bonds. The molecular weight excluding hydrogens is 404 g/mol. The van der Waals surface area contributed by atoms with Crippen molar-refractivity contribution in [2.45, 2.75) is 19.6 Å². The van der Waals surface area contributed by atoms with Gasteiger partial charge in [0.1, 0.15) is 6.54 Å². The van der Waals surface area contributed by atoms with Crippen LogP contribution < -0.4 is 5.32 Å². The van der Waals surface area contributed by atoms with Crippen LogP contribution in [0.2, 0.25) is 5.02 Å². The maximum absolute atomic E-state index is 12.3. The molecule has 0 radical (unpaired) electrons. The van der Waals surface area contributed by atoms with Gasteiger partial charge in [0.05, 0.1) is 6.10 Å². The lowest BCUT2D eigenvalue weighted by molar-refractivity contribution is -0.122. The first kappa shape index (κ1) is 18.0. The summed E-state index contributed by atoms with van der Waals surface area (Å²) in [6.07, 6.45) is -0.795. The van der Waals surface area contributed by atoms with Gasteiger partial charge in [-0.15, -0.1) is 0 Å². The summed E-state index contributed by atoms with van der Waals surface area (Å²) in [4.78, 5) is 12.3. The summed E-state index contributed by atoms with van der Waals surface area (Å²) in [7, 11) is 0. The SMILES string of the molecule is Cc1c(Br)c2ccccc2n1CC(=O)NC[C@H](O)c1cccc(Cl)c1. The minimum Gasteiger partial charge on any atom is -0.387 e. The van der Waals surface area contributed by atoms with Crippen LogP contribution in [0.25, 0.3) is 10.9 Å². The number of carbonyl (C=O) groups is 1. The van der Waals surface area contributed by atoms with E-state index in [-0.39, 0.29) is 19.0 Å². The summed E-state index contributed by atoms with van der Waals surface area (Å²) >= 11 is 9.51. The van der Waals surface area contributed by atoms with Gasteiger partial charge in [0.2, 0.25) is 5.91 Å². The Hall–Kier alpha value is -1.82. The van der Waals surface area contributed by atoms with Crippen molar-refractivity contribution in [3.05, 3.63) is 69.3 Å². The Morgan fingerprint density at radius 1 is 1.28 bits per heavy atom. The average molecular weight is 422 g/mol. The van der Waals surface area contributed by atoms with Gasteiger partial charge in [-0.2, -0.15) is 0 Å². The third kappa shape index (κ3) is 3.89. The van der Waals surface area contributed by atoms with Crippen molar-refractivity contribution < 1.29 is 9.90 Å². The molecule has 0 aliphatic carbocycles. The number of rotatable bonds is 5. The Labute approximate surface area is 159 Å². The number of aliphatic hydroxyl groups is 1. The molecule has 0 bridgehead atoms. The zero-order chi connectivity index (χ0) is 18.0. The lowest BCUT2D eigenvalue weighted by atomic mass is 10.1. The van der Waals surface area contributed by atoms with Crippen molar-refractivity contribution in [2.24, 2.45) is 0 Å². The summed E-state index contributed by atoms with van der Waals surface area (Å²) in [6, 6.07) is 14.9. The Bertz CT molecular complexity index is 923. The number of carbonyl (C=O) groups excluding carboxylic acids is 1. The summed E-state index contributed by atoms with van der Waals surface area (Å²) in [5, 5.41) is 14.6. The van der Waals surface area contributed by atoms with Crippen molar-refractivity contribution in [1.82, 2.24) is 9.88 Å². The predicted octanol–water partition coefficient (Wildman–Crippen LogP) is 4.22. The monoisotopic (exact) mass is 420 g/mol. The molecule has 3 aromatic rings. The van der Waals surface area contributed by atoms with Crippen molar-refractivity contribution >= 4 is 44.3 Å². The molecule has 1 heterocycles. The first-order chi connectivity index (χ1) is 12.0. The zero-order valence-electron chi connectivity index (χ0n) is 13.7. The fourth-order valence-electron chi connectivity index (χ4n) is 2.83. The third-order valence-corrected chi connectivity index (χ3v) is 5.42. The van der Waals surface area contributed by atoms with E-state index in [0.717, 1.165) is 21.1 Å². The number of halogens is 2. The fourth-order valence-corrected chi connectivity index (χ4v) is 3.58. The van der Waals surface area contributed by atoms with E-state index in [4.69, 9.17) is 11.6 Å². The summed E-state index contributed by atoms with van der Waals surface area (Å²) in [5.41, 5.74) is 2.67. The predicted molar refractivity (Wildman–Crippen MR) is 104 cm³/mol. The van der Waals surface area contributed by atoms with Crippen LogP contribution >= 0.6 is 27.5 Å². The molecule has 0 saturated heterocycles. The molecule has 3 rings (SSSR count). The van der Waals surface area contributed by atoms with Crippen LogP contribution in [0.1, 0.15) is 17.4 Å². The van der Waals surface area contributed by atoms with Gasteiger partial charge in [0.25, 0.3) is 0 Å². The maximum atomic E-state index is 12.3. The molecule has 1 atom stereocenters. The number of hydrogen-bond donors (Lipinski definition) is 2. The lowest BCUT2D eigenvalue weighted by Gasteiger charge is -2.14. The van der Waals surface area contributed by atoms with Gasteiger partial charge in [0, 0.05) is 32.6 Å². The second-order valence-corrected chi connectivity index (χ2v) is 7.11. The molecule has 25 heavy (non-hydrogen) atoms. The lowest BCUT2D eigenvalue weighted by Crippen LogP contribution is -2.31. The van der Waals surface area contributed by atoms with Crippen LogP contribution in [0.15, 0.2) is 53.0 Å². The van der Waals surface area contributed by atoms with E-state index in [9.17, 15) is 9.90 Å². The van der Waals surface area contributed by atoms with Crippen LogP contribution in [-0.4, -0.2) is 22.1 Å². The Balaban J connectivity index is 1.68. The molecule has 6 heteroatoms. The van der Waals surface area contributed by atoms with Gasteiger partial charge >= 0.3 is 0 Å². The van der Waals surface area contributed by atoms with Crippen LogP contribution in [0, 0.1) is 6.92 Å². The van der Waals surface area contributed by atoms with E-state index in [1.54, 1.807) is 24.3 Å². The van der Waals surface area contributed by atoms with Crippen LogP contribution in [0.3, 0.4) is 0 Å². The molecule has 1 aromatic heterocycles. The number of fused-ring (bicyclic) bond motifs is 1. The van der Waals surface area contributed by atoms with E-state index in [0.29, 0.717) is 10.6 Å². The van der Waals surface area contributed by atoms with E-state index in [1.807, 2.05) is 35.8 Å². The highest BCUT2D eigenvalue weighted by Crippen LogP contribution is 2.30. The van der Waals surface area contributed by atoms with Gasteiger partial charge in [0.15, 0.2) is 0 Å². The number of para-hydroxylation sites is 1. The number of aromatic nitrogens is 1. The van der Waals surface area contributed by atoms with Crippen molar-refractivity contribution in [3.63, 3.8) is 0 Å². The largest absolute Gasteiger partial charge is 0.387 e. The number of benzene rings is 2. The quantitative estimate of drug-likeness (QED) is 0.648. The minimum absolute atomic E-state index is 0.137. The van der Waals surface area contributed by atoms with Gasteiger partial charge in [-0.1, -0.05) is 41.9 Å². The van der Waals surface area contributed by atoms with Crippen LogP contribution in [0.5, 0.6) is 0 Å². The highest BCUT2D eigenvalue weighted by molar-refractivity contribution is 9.10. The smallest absolute Gasteiger partial charge is 0.240 e. The van der Waals surface area contributed by atoms with E-state index in [1.165, 1.54) is 0 Å². The third-order valence-electron chi connectivity index (χ3n) is 4.18. The van der Waals surface area contributed by atoms with E-state index < -0.39 is 6.10 Å². The number of aliphatic hydroxyl groups excluding tert-OH is 1. The van der Waals surface area contributed by atoms with Gasteiger partial charge < -0.3 is 15.0 Å². The standard InChI is InChI=1S/C19H18BrClN2O2/c1-12-19(20)15-7-2-3-8-16(15)23(12)11-18(25)22-10-17(24)13-5-4-6-14(21)9-13/h2-9,17,24H,10-11H2,1H3,(H,22,25)/t17-/m0/s1. The molecular formula is C19H18BrClN2O2. The van der Waals surface area contributed by atoms with Crippen LogP contribution in [-0.2, 0) is 11.3 Å². The summed E-state index contributed by atoms with van der Waals surface area (Å²) in [5.74, 6) is -0.155. The highest BCUT2D eigenvalue weighted by Gasteiger charge is 2.15. The minimum atomic E-state index is -0.795. The molecule has 0 fully saturated rings. The molecule has 130 valence electrons. The maximum Gasteiger partial charge on any atom is 0.240 e. The average Bonchev–Trinajstić information content (AvgIpc) is 2.85. The number of amides is 1. The van der Waals surface area contributed by atoms with Gasteiger partial charge in [-0.05, 0) is 46.6 Å². The second kappa shape index (κ2) is 7.60. The summed E-state index contributed by atoms with van der Waals surface area (Å²) < 4.78 is 2.95. The number of nitrogens with one attached hydrogen (secondary N) is 1. The molecule has 0 spiro atoms. The van der Waals surface area contributed by atoms with Crippen molar-refractivity contribution in [1.29, 1.82) is 0 Å². The molecule has 0 unspecified atom stereocenters. The Morgan fingerprint density at radius 3 is 2.80 bits per heavy atom. The molecule has 0 aliphatic heterocycles. The molecule has 0 aliphatic rings. The first-order valence-corrected chi connectivity index (χ1v) is 9.08. The second-order valence-electron chi connectivity index (χ2n) is 5.88. The number of hydrogen-bond acceptors (Lipinski definition) is 2. The Morgan fingerprint density at radius 2 is 2.04 bits per heavy atom. The fraction of sp³-hybridized carbons (Fsp3) is 0.211. The molecule has 4 nitrogen and oxygen atoms in total. The molecule has 2 N–H and O–H groups in total. The normalized spacial score (nSPS) is 12.3.